The molecular formula is C18H22FNO. The number of ether oxygens (including phenoxy) is 1. The van der Waals surface area contributed by atoms with Gasteiger partial charge in [-0.3, -0.25) is 0 Å². The molecule has 2 rings (SSSR count). The van der Waals surface area contributed by atoms with Gasteiger partial charge in [-0.2, -0.15) is 0 Å². The van der Waals surface area contributed by atoms with Crippen LogP contribution in [-0.4, -0.2) is 13.2 Å². The molecule has 0 aromatic heterocycles. The standard InChI is InChI=1S/C18H22FNO/c1-12(2)20-11-14-9-8-13(3)10-16(14)15-6-5-7-17(21-4)18(15)19/h5-10,12,20H,11H2,1-4H3. The first-order valence-corrected chi connectivity index (χ1v) is 7.18. The van der Waals surface area contributed by atoms with Crippen molar-refractivity contribution in [3.05, 3.63) is 53.3 Å². The summed E-state index contributed by atoms with van der Waals surface area (Å²) in [5.74, 6) is -0.0341. The van der Waals surface area contributed by atoms with Crippen LogP contribution in [0.2, 0.25) is 0 Å². The van der Waals surface area contributed by atoms with E-state index in [1.54, 1.807) is 12.1 Å². The van der Waals surface area contributed by atoms with E-state index in [0.717, 1.165) is 16.7 Å². The second-order valence-electron chi connectivity index (χ2n) is 5.52. The fourth-order valence-electron chi connectivity index (χ4n) is 2.29. The molecule has 0 aliphatic heterocycles. The summed E-state index contributed by atoms with van der Waals surface area (Å²) in [6.45, 7) is 6.92. The molecule has 2 aromatic carbocycles. The number of nitrogens with one attached hydrogen (secondary N) is 1. The fourth-order valence-corrected chi connectivity index (χ4v) is 2.29. The van der Waals surface area contributed by atoms with E-state index in [9.17, 15) is 4.39 Å². The highest BCUT2D eigenvalue weighted by Gasteiger charge is 2.14. The van der Waals surface area contributed by atoms with Crippen molar-refractivity contribution < 1.29 is 9.13 Å². The van der Waals surface area contributed by atoms with Crippen LogP contribution in [0, 0.1) is 12.7 Å². The van der Waals surface area contributed by atoms with Gasteiger partial charge in [-0.25, -0.2) is 4.39 Å². The Balaban J connectivity index is 2.49. The van der Waals surface area contributed by atoms with E-state index in [2.05, 4.69) is 31.3 Å². The maximum Gasteiger partial charge on any atom is 0.172 e. The number of hydrogen-bond donors (Lipinski definition) is 1. The van der Waals surface area contributed by atoms with E-state index in [0.29, 0.717) is 18.2 Å². The number of benzene rings is 2. The monoisotopic (exact) mass is 287 g/mol. The highest BCUT2D eigenvalue weighted by molar-refractivity contribution is 5.70. The minimum absolute atomic E-state index is 0.275. The topological polar surface area (TPSA) is 21.3 Å². The highest BCUT2D eigenvalue weighted by Crippen LogP contribution is 2.32. The summed E-state index contributed by atoms with van der Waals surface area (Å²) >= 11 is 0. The fraction of sp³-hybridized carbons (Fsp3) is 0.333. The molecule has 0 saturated carbocycles. The lowest BCUT2D eigenvalue weighted by atomic mass is 9.96. The van der Waals surface area contributed by atoms with E-state index in [-0.39, 0.29) is 11.6 Å². The van der Waals surface area contributed by atoms with E-state index in [4.69, 9.17) is 4.74 Å². The summed E-state index contributed by atoms with van der Waals surface area (Å²) in [6.07, 6.45) is 0. The second-order valence-corrected chi connectivity index (χ2v) is 5.52. The molecule has 0 spiro atoms. The van der Waals surface area contributed by atoms with Crippen LogP contribution in [0.1, 0.15) is 25.0 Å². The van der Waals surface area contributed by atoms with Gasteiger partial charge in [0, 0.05) is 18.2 Å². The maximum atomic E-state index is 14.5. The van der Waals surface area contributed by atoms with Crippen molar-refractivity contribution in [2.75, 3.05) is 7.11 Å². The van der Waals surface area contributed by atoms with Gasteiger partial charge in [0.1, 0.15) is 0 Å². The quantitative estimate of drug-likeness (QED) is 0.885. The maximum absolute atomic E-state index is 14.5. The highest BCUT2D eigenvalue weighted by atomic mass is 19.1. The first-order chi connectivity index (χ1) is 10.0. The molecular weight excluding hydrogens is 265 g/mol. The van der Waals surface area contributed by atoms with Gasteiger partial charge in [0.05, 0.1) is 7.11 Å². The molecule has 21 heavy (non-hydrogen) atoms. The number of rotatable bonds is 5. The molecule has 0 bridgehead atoms. The number of aryl methyl sites for hydroxylation is 1. The number of hydrogen-bond acceptors (Lipinski definition) is 2. The Morgan fingerprint density at radius 3 is 2.57 bits per heavy atom. The molecule has 0 atom stereocenters. The predicted octanol–water partition coefficient (Wildman–Crippen LogP) is 4.31. The molecule has 1 N–H and O–H groups in total. The first kappa shape index (κ1) is 15.5. The van der Waals surface area contributed by atoms with Crippen molar-refractivity contribution in [3.63, 3.8) is 0 Å². The van der Waals surface area contributed by atoms with Crippen LogP contribution in [0.15, 0.2) is 36.4 Å². The molecule has 0 aliphatic rings. The number of methoxy groups -OCH3 is 1. The SMILES string of the molecule is COc1cccc(-c2cc(C)ccc2CNC(C)C)c1F. The third kappa shape index (κ3) is 3.61. The van der Waals surface area contributed by atoms with Gasteiger partial charge in [0.25, 0.3) is 0 Å². The van der Waals surface area contributed by atoms with Crippen molar-refractivity contribution in [3.8, 4) is 16.9 Å². The van der Waals surface area contributed by atoms with Crippen LogP contribution in [0.5, 0.6) is 5.75 Å². The Morgan fingerprint density at radius 1 is 1.14 bits per heavy atom. The zero-order chi connectivity index (χ0) is 15.4. The Labute approximate surface area is 126 Å². The van der Waals surface area contributed by atoms with Crippen LogP contribution in [0.4, 0.5) is 4.39 Å². The smallest absolute Gasteiger partial charge is 0.172 e. The molecule has 0 fully saturated rings. The Morgan fingerprint density at radius 2 is 1.90 bits per heavy atom. The summed E-state index contributed by atoms with van der Waals surface area (Å²) in [7, 11) is 1.49. The lowest BCUT2D eigenvalue weighted by molar-refractivity contribution is 0.387. The molecule has 3 heteroatoms. The number of halogens is 1. The van der Waals surface area contributed by atoms with Crippen LogP contribution in [0.25, 0.3) is 11.1 Å². The summed E-state index contributed by atoms with van der Waals surface area (Å²) in [5.41, 5.74) is 3.69. The molecule has 0 heterocycles. The van der Waals surface area contributed by atoms with E-state index in [1.165, 1.54) is 7.11 Å². The largest absolute Gasteiger partial charge is 0.494 e. The third-order valence-electron chi connectivity index (χ3n) is 3.44. The average molecular weight is 287 g/mol. The minimum Gasteiger partial charge on any atom is -0.494 e. The van der Waals surface area contributed by atoms with Gasteiger partial charge < -0.3 is 10.1 Å². The zero-order valence-corrected chi connectivity index (χ0v) is 13.0. The van der Waals surface area contributed by atoms with Gasteiger partial charge in [-0.1, -0.05) is 49.7 Å². The first-order valence-electron chi connectivity index (χ1n) is 7.18. The van der Waals surface area contributed by atoms with Crippen LogP contribution in [0.3, 0.4) is 0 Å². The van der Waals surface area contributed by atoms with Crippen LogP contribution < -0.4 is 10.1 Å². The molecule has 0 unspecified atom stereocenters. The van der Waals surface area contributed by atoms with Gasteiger partial charge >= 0.3 is 0 Å². The Bertz CT molecular complexity index is 623. The van der Waals surface area contributed by atoms with Crippen LogP contribution in [-0.2, 0) is 6.54 Å². The van der Waals surface area contributed by atoms with Gasteiger partial charge in [-0.05, 0) is 24.1 Å². The summed E-state index contributed by atoms with van der Waals surface area (Å²) < 4.78 is 19.6. The lowest BCUT2D eigenvalue weighted by Crippen LogP contribution is -2.22. The predicted molar refractivity (Wildman–Crippen MR) is 85.1 cm³/mol. The summed E-state index contributed by atoms with van der Waals surface area (Å²) in [6, 6.07) is 11.8. The van der Waals surface area contributed by atoms with Gasteiger partial charge in [-0.15, -0.1) is 0 Å². The van der Waals surface area contributed by atoms with E-state index in [1.807, 2.05) is 19.1 Å². The molecule has 112 valence electrons. The van der Waals surface area contributed by atoms with Crippen molar-refractivity contribution in [2.24, 2.45) is 0 Å². The van der Waals surface area contributed by atoms with E-state index >= 15 is 0 Å². The van der Waals surface area contributed by atoms with Crippen molar-refractivity contribution in [2.45, 2.75) is 33.4 Å². The van der Waals surface area contributed by atoms with Crippen LogP contribution >= 0.6 is 0 Å². The summed E-state index contributed by atoms with van der Waals surface area (Å²) in [4.78, 5) is 0. The van der Waals surface area contributed by atoms with Crippen molar-refractivity contribution in [1.29, 1.82) is 0 Å². The second kappa shape index (κ2) is 6.72. The minimum atomic E-state index is -0.309. The molecule has 0 aliphatic carbocycles. The van der Waals surface area contributed by atoms with Gasteiger partial charge in [0.15, 0.2) is 11.6 Å². The third-order valence-corrected chi connectivity index (χ3v) is 3.44. The van der Waals surface area contributed by atoms with E-state index < -0.39 is 0 Å². The summed E-state index contributed by atoms with van der Waals surface area (Å²) in [5, 5.41) is 3.39. The molecule has 0 saturated heterocycles. The molecule has 2 aromatic rings. The molecule has 0 radical (unpaired) electrons. The lowest BCUT2D eigenvalue weighted by Gasteiger charge is -2.15. The zero-order valence-electron chi connectivity index (χ0n) is 13.0. The van der Waals surface area contributed by atoms with Crippen molar-refractivity contribution >= 4 is 0 Å². The van der Waals surface area contributed by atoms with Crippen molar-refractivity contribution in [1.82, 2.24) is 5.32 Å². The Kier molecular flexibility index (Phi) is 4.97. The Hall–Kier alpha value is -1.87. The average Bonchev–Trinajstić information content (AvgIpc) is 2.46. The van der Waals surface area contributed by atoms with Gasteiger partial charge in [0.2, 0.25) is 0 Å². The molecule has 2 nitrogen and oxygen atoms in total. The molecule has 0 amide bonds. The normalized spacial score (nSPS) is 11.0.